The molecule has 1 aromatic rings. The number of amides is 1. The lowest BCUT2D eigenvalue weighted by Gasteiger charge is -2.09. The number of hydrogen-bond acceptors (Lipinski definition) is 5. The van der Waals surface area contributed by atoms with E-state index in [1.54, 1.807) is 12.1 Å². The Balaban J connectivity index is 1.74. The summed E-state index contributed by atoms with van der Waals surface area (Å²) >= 11 is 0. The maximum atomic E-state index is 12.1. The largest absolute Gasteiger partial charge is 0.456 e. The van der Waals surface area contributed by atoms with Crippen molar-refractivity contribution in [2.45, 2.75) is 44.0 Å². The molecule has 2 rings (SSSR count). The fourth-order valence-corrected chi connectivity index (χ4v) is 3.08. The van der Waals surface area contributed by atoms with Gasteiger partial charge in [-0.25, -0.2) is 13.1 Å². The van der Waals surface area contributed by atoms with Crippen LogP contribution in [-0.4, -0.2) is 39.5 Å². The molecule has 132 valence electrons. The highest BCUT2D eigenvalue weighted by Gasteiger charge is 2.23. The summed E-state index contributed by atoms with van der Waals surface area (Å²) in [4.78, 5) is 23.1. The molecule has 0 saturated heterocycles. The van der Waals surface area contributed by atoms with E-state index in [2.05, 4.69) is 10.0 Å². The normalized spacial score (nSPS) is 14.2. The van der Waals surface area contributed by atoms with Gasteiger partial charge in [-0.15, -0.1) is 0 Å². The third kappa shape index (κ3) is 5.61. The first-order valence-corrected chi connectivity index (χ1v) is 9.28. The fourth-order valence-electron chi connectivity index (χ4n) is 1.97. The SMILES string of the molecule is Cc1ccc(S(=O)(=O)NCCC(=O)OCC(=O)NC2CC2)cc1C. The maximum Gasteiger partial charge on any atom is 0.307 e. The van der Waals surface area contributed by atoms with Crippen LogP contribution in [-0.2, 0) is 24.3 Å². The topological polar surface area (TPSA) is 102 Å². The van der Waals surface area contributed by atoms with Crippen molar-refractivity contribution in [2.75, 3.05) is 13.2 Å². The zero-order chi connectivity index (χ0) is 17.7. The molecule has 1 aromatic carbocycles. The number of rotatable bonds is 8. The predicted octanol–water partition coefficient (Wildman–Crippen LogP) is 0.794. The quantitative estimate of drug-likeness (QED) is 0.672. The molecule has 0 heterocycles. The summed E-state index contributed by atoms with van der Waals surface area (Å²) in [5.74, 6) is -0.953. The van der Waals surface area contributed by atoms with E-state index < -0.39 is 16.0 Å². The van der Waals surface area contributed by atoms with Crippen molar-refractivity contribution in [1.29, 1.82) is 0 Å². The Labute approximate surface area is 141 Å². The van der Waals surface area contributed by atoms with E-state index in [4.69, 9.17) is 4.74 Å². The van der Waals surface area contributed by atoms with Crippen LogP contribution in [0.1, 0.15) is 30.4 Å². The third-order valence-corrected chi connectivity index (χ3v) is 5.18. The van der Waals surface area contributed by atoms with Crippen LogP contribution in [0.25, 0.3) is 0 Å². The molecule has 0 radical (unpaired) electrons. The van der Waals surface area contributed by atoms with Gasteiger partial charge in [0.05, 0.1) is 11.3 Å². The second-order valence-corrected chi connectivity index (χ2v) is 7.66. The molecule has 0 aromatic heterocycles. The fraction of sp³-hybridized carbons (Fsp3) is 0.500. The first kappa shape index (κ1) is 18.4. The number of hydrogen-bond donors (Lipinski definition) is 2. The summed E-state index contributed by atoms with van der Waals surface area (Å²) in [5.41, 5.74) is 1.88. The van der Waals surface area contributed by atoms with Crippen LogP contribution in [0, 0.1) is 13.8 Å². The minimum atomic E-state index is -3.67. The van der Waals surface area contributed by atoms with Crippen molar-refractivity contribution in [1.82, 2.24) is 10.0 Å². The highest BCUT2D eigenvalue weighted by Crippen LogP contribution is 2.18. The van der Waals surface area contributed by atoms with Crippen LogP contribution in [0.3, 0.4) is 0 Å². The van der Waals surface area contributed by atoms with Gasteiger partial charge in [0.2, 0.25) is 10.0 Å². The maximum absolute atomic E-state index is 12.1. The number of nitrogens with one attached hydrogen (secondary N) is 2. The van der Waals surface area contributed by atoms with Crippen molar-refractivity contribution in [3.05, 3.63) is 29.3 Å². The zero-order valence-electron chi connectivity index (χ0n) is 13.8. The van der Waals surface area contributed by atoms with E-state index in [9.17, 15) is 18.0 Å². The minimum Gasteiger partial charge on any atom is -0.456 e. The molecule has 1 aliphatic rings. The van der Waals surface area contributed by atoms with Gasteiger partial charge in [0.15, 0.2) is 6.61 Å². The van der Waals surface area contributed by atoms with Gasteiger partial charge in [0.1, 0.15) is 0 Å². The Bertz CT molecular complexity index is 726. The number of sulfonamides is 1. The molecule has 8 heteroatoms. The average Bonchev–Trinajstić information content (AvgIpc) is 3.31. The Morgan fingerprint density at radius 1 is 1.21 bits per heavy atom. The van der Waals surface area contributed by atoms with Crippen LogP contribution in [0.4, 0.5) is 0 Å². The van der Waals surface area contributed by atoms with E-state index >= 15 is 0 Å². The van der Waals surface area contributed by atoms with E-state index in [1.165, 1.54) is 6.07 Å². The molecule has 1 saturated carbocycles. The molecule has 0 bridgehead atoms. The van der Waals surface area contributed by atoms with Crippen molar-refractivity contribution in [3.63, 3.8) is 0 Å². The second-order valence-electron chi connectivity index (χ2n) is 5.90. The molecule has 1 fully saturated rings. The van der Waals surface area contributed by atoms with Gasteiger partial charge < -0.3 is 10.1 Å². The van der Waals surface area contributed by atoms with Crippen LogP contribution in [0.15, 0.2) is 23.1 Å². The second kappa shape index (κ2) is 7.76. The lowest BCUT2D eigenvalue weighted by molar-refractivity contribution is -0.148. The predicted molar refractivity (Wildman–Crippen MR) is 87.8 cm³/mol. The molecule has 1 amide bonds. The molecular formula is C16H22N2O5S. The number of benzene rings is 1. The van der Waals surface area contributed by atoms with E-state index in [0.29, 0.717) is 0 Å². The van der Waals surface area contributed by atoms with Crippen molar-refractivity contribution < 1.29 is 22.7 Å². The standard InChI is InChI=1S/C16H22N2O5S/c1-11-3-6-14(9-12(11)2)24(21,22)17-8-7-16(20)23-10-15(19)18-13-4-5-13/h3,6,9,13,17H,4-5,7-8,10H2,1-2H3,(H,18,19). The number of carbonyl (C=O) groups excluding carboxylic acids is 2. The summed E-state index contributed by atoms with van der Waals surface area (Å²) in [6.45, 7) is 3.31. The molecule has 0 spiro atoms. The van der Waals surface area contributed by atoms with Gasteiger partial charge in [0, 0.05) is 12.6 Å². The molecule has 1 aliphatic carbocycles. The van der Waals surface area contributed by atoms with Crippen molar-refractivity contribution >= 4 is 21.9 Å². The van der Waals surface area contributed by atoms with Crippen LogP contribution < -0.4 is 10.0 Å². The van der Waals surface area contributed by atoms with Crippen molar-refractivity contribution in [2.24, 2.45) is 0 Å². The van der Waals surface area contributed by atoms with Gasteiger partial charge in [0.25, 0.3) is 5.91 Å². The lowest BCUT2D eigenvalue weighted by Crippen LogP contribution is -2.31. The number of ether oxygens (including phenoxy) is 1. The van der Waals surface area contributed by atoms with Gasteiger partial charge in [-0.2, -0.15) is 0 Å². The zero-order valence-corrected chi connectivity index (χ0v) is 14.6. The number of carbonyl (C=O) groups is 2. The first-order valence-electron chi connectivity index (χ1n) is 7.80. The number of esters is 1. The molecule has 0 atom stereocenters. The molecule has 0 aliphatic heterocycles. The van der Waals surface area contributed by atoms with Crippen LogP contribution >= 0.6 is 0 Å². The highest BCUT2D eigenvalue weighted by molar-refractivity contribution is 7.89. The van der Waals surface area contributed by atoms with Crippen LogP contribution in [0.2, 0.25) is 0 Å². The van der Waals surface area contributed by atoms with E-state index in [-0.39, 0.29) is 36.4 Å². The molecular weight excluding hydrogens is 332 g/mol. The Hall–Kier alpha value is -1.93. The smallest absolute Gasteiger partial charge is 0.307 e. The lowest BCUT2D eigenvalue weighted by atomic mass is 10.1. The summed E-state index contributed by atoms with van der Waals surface area (Å²) in [6, 6.07) is 5.04. The van der Waals surface area contributed by atoms with Crippen molar-refractivity contribution in [3.8, 4) is 0 Å². The summed E-state index contributed by atoms with van der Waals surface area (Å²) in [5, 5.41) is 2.69. The van der Waals surface area contributed by atoms with E-state index in [1.807, 2.05) is 13.8 Å². The first-order chi connectivity index (χ1) is 11.3. The average molecular weight is 354 g/mol. The van der Waals surface area contributed by atoms with Gasteiger partial charge in [-0.1, -0.05) is 6.07 Å². The van der Waals surface area contributed by atoms with E-state index in [0.717, 1.165) is 24.0 Å². The molecule has 2 N–H and O–H groups in total. The monoisotopic (exact) mass is 354 g/mol. The van der Waals surface area contributed by atoms with Crippen LogP contribution in [0.5, 0.6) is 0 Å². The molecule has 0 unspecified atom stereocenters. The molecule has 24 heavy (non-hydrogen) atoms. The molecule has 7 nitrogen and oxygen atoms in total. The highest BCUT2D eigenvalue weighted by atomic mass is 32.2. The Morgan fingerprint density at radius 2 is 1.92 bits per heavy atom. The summed E-state index contributed by atoms with van der Waals surface area (Å²) in [7, 11) is -3.67. The van der Waals surface area contributed by atoms with Gasteiger partial charge in [-0.3, -0.25) is 9.59 Å². The Kier molecular flexibility index (Phi) is 5.95. The minimum absolute atomic E-state index is 0.0850. The van der Waals surface area contributed by atoms with Gasteiger partial charge in [-0.05, 0) is 49.9 Å². The summed E-state index contributed by atoms with van der Waals surface area (Å²) in [6.07, 6.45) is 1.78. The number of aryl methyl sites for hydroxylation is 2. The third-order valence-electron chi connectivity index (χ3n) is 3.72. The summed E-state index contributed by atoms with van der Waals surface area (Å²) < 4.78 is 31.4. The van der Waals surface area contributed by atoms with Gasteiger partial charge >= 0.3 is 5.97 Å². The Morgan fingerprint density at radius 3 is 2.54 bits per heavy atom.